The molecule has 102 valence electrons. The number of rotatable bonds is 8. The van der Waals surface area contributed by atoms with Crippen LogP contribution in [-0.2, 0) is 0 Å². The average molecular weight is 253 g/mol. The van der Waals surface area contributed by atoms with Crippen LogP contribution in [0.1, 0.15) is 39.5 Å². The lowest BCUT2D eigenvalue weighted by Crippen LogP contribution is -2.13. The van der Waals surface area contributed by atoms with E-state index in [-0.39, 0.29) is 0 Å². The van der Waals surface area contributed by atoms with Crippen LogP contribution in [-0.4, -0.2) is 23.7 Å². The number of aromatic nitrogens is 2. The van der Waals surface area contributed by atoms with E-state index in [2.05, 4.69) is 23.8 Å². The SMILES string of the molecule is CCCCC(CC)COc1ncnc(OC)c1N. The van der Waals surface area contributed by atoms with Crippen molar-refractivity contribution in [3.8, 4) is 11.8 Å². The van der Waals surface area contributed by atoms with Crippen molar-refractivity contribution in [2.24, 2.45) is 5.92 Å². The molecule has 1 rings (SSSR count). The standard InChI is InChI=1S/C13H23N3O2/c1-4-6-7-10(5-2)8-18-13-11(14)12(17-3)15-9-16-13/h9-10H,4-8,14H2,1-3H3. The summed E-state index contributed by atoms with van der Waals surface area (Å²) in [6.45, 7) is 5.01. The van der Waals surface area contributed by atoms with Crippen molar-refractivity contribution >= 4 is 5.69 Å². The molecule has 1 heterocycles. The topological polar surface area (TPSA) is 70.3 Å². The Labute approximate surface area is 109 Å². The lowest BCUT2D eigenvalue weighted by Gasteiger charge is -2.16. The van der Waals surface area contributed by atoms with E-state index in [0.29, 0.717) is 30.0 Å². The van der Waals surface area contributed by atoms with E-state index >= 15 is 0 Å². The Kier molecular flexibility index (Phi) is 6.25. The van der Waals surface area contributed by atoms with Crippen LogP contribution in [0.2, 0.25) is 0 Å². The predicted octanol–water partition coefficient (Wildman–Crippen LogP) is 2.66. The first-order valence-electron chi connectivity index (χ1n) is 6.50. The molecule has 1 atom stereocenters. The summed E-state index contributed by atoms with van der Waals surface area (Å²) >= 11 is 0. The first-order chi connectivity index (χ1) is 8.72. The van der Waals surface area contributed by atoms with Gasteiger partial charge >= 0.3 is 0 Å². The largest absolute Gasteiger partial charge is 0.479 e. The van der Waals surface area contributed by atoms with E-state index in [9.17, 15) is 0 Å². The van der Waals surface area contributed by atoms with Crippen molar-refractivity contribution in [3.63, 3.8) is 0 Å². The van der Waals surface area contributed by atoms with E-state index in [0.717, 1.165) is 6.42 Å². The Bertz CT molecular complexity index is 358. The molecule has 0 aliphatic carbocycles. The predicted molar refractivity (Wildman–Crippen MR) is 71.8 cm³/mol. The third-order valence-corrected chi connectivity index (χ3v) is 3.00. The number of methoxy groups -OCH3 is 1. The summed E-state index contributed by atoms with van der Waals surface area (Å²) in [5.74, 6) is 1.32. The summed E-state index contributed by atoms with van der Waals surface area (Å²) in [6, 6.07) is 0. The molecular weight excluding hydrogens is 230 g/mol. The maximum Gasteiger partial charge on any atom is 0.244 e. The zero-order valence-electron chi connectivity index (χ0n) is 11.5. The fourth-order valence-corrected chi connectivity index (χ4v) is 1.74. The van der Waals surface area contributed by atoms with Gasteiger partial charge in [-0.25, -0.2) is 0 Å². The minimum absolute atomic E-state index is 0.363. The van der Waals surface area contributed by atoms with E-state index < -0.39 is 0 Å². The van der Waals surface area contributed by atoms with Crippen LogP contribution in [0.4, 0.5) is 5.69 Å². The summed E-state index contributed by atoms with van der Waals surface area (Å²) in [6.07, 6.45) is 6.11. The molecule has 0 radical (unpaired) electrons. The van der Waals surface area contributed by atoms with Gasteiger partial charge in [-0.1, -0.05) is 33.1 Å². The molecule has 0 bridgehead atoms. The Morgan fingerprint density at radius 2 is 2.00 bits per heavy atom. The second-order valence-electron chi connectivity index (χ2n) is 4.33. The minimum Gasteiger partial charge on any atom is -0.479 e. The number of nitrogen functional groups attached to an aromatic ring is 1. The van der Waals surface area contributed by atoms with Crippen LogP contribution in [0, 0.1) is 5.92 Å². The highest BCUT2D eigenvalue weighted by Gasteiger charge is 2.12. The van der Waals surface area contributed by atoms with E-state index in [1.807, 2.05) is 0 Å². The minimum atomic E-state index is 0.363. The molecule has 1 aromatic heterocycles. The first kappa shape index (κ1) is 14.5. The quantitative estimate of drug-likeness (QED) is 0.771. The van der Waals surface area contributed by atoms with Crippen molar-refractivity contribution in [2.75, 3.05) is 19.5 Å². The molecule has 0 spiro atoms. The number of nitrogens with two attached hydrogens (primary N) is 1. The van der Waals surface area contributed by atoms with Crippen molar-refractivity contribution in [2.45, 2.75) is 39.5 Å². The number of hydrogen-bond donors (Lipinski definition) is 1. The van der Waals surface area contributed by atoms with Crippen molar-refractivity contribution < 1.29 is 9.47 Å². The van der Waals surface area contributed by atoms with Gasteiger partial charge in [0.15, 0.2) is 5.69 Å². The molecule has 5 nitrogen and oxygen atoms in total. The zero-order chi connectivity index (χ0) is 13.4. The van der Waals surface area contributed by atoms with Crippen LogP contribution < -0.4 is 15.2 Å². The van der Waals surface area contributed by atoms with Crippen LogP contribution >= 0.6 is 0 Å². The van der Waals surface area contributed by atoms with Gasteiger partial charge in [-0.05, 0) is 12.3 Å². The number of unbranched alkanes of at least 4 members (excludes halogenated alkanes) is 1. The molecule has 0 aliphatic heterocycles. The number of hydrogen-bond acceptors (Lipinski definition) is 5. The summed E-state index contributed by atoms with van der Waals surface area (Å²) in [5.41, 5.74) is 6.21. The van der Waals surface area contributed by atoms with Gasteiger partial charge in [-0.3, -0.25) is 0 Å². The second-order valence-corrected chi connectivity index (χ2v) is 4.33. The monoisotopic (exact) mass is 253 g/mol. The molecule has 1 aromatic rings. The Morgan fingerprint density at radius 3 is 2.61 bits per heavy atom. The van der Waals surface area contributed by atoms with Crippen molar-refractivity contribution in [1.82, 2.24) is 9.97 Å². The van der Waals surface area contributed by atoms with Crippen LogP contribution in [0.3, 0.4) is 0 Å². The maximum absolute atomic E-state index is 5.85. The Balaban J connectivity index is 2.56. The van der Waals surface area contributed by atoms with E-state index in [1.54, 1.807) is 0 Å². The molecule has 0 amide bonds. The van der Waals surface area contributed by atoms with Gasteiger partial charge in [0.2, 0.25) is 11.8 Å². The van der Waals surface area contributed by atoms with Gasteiger partial charge in [0, 0.05) is 0 Å². The molecule has 2 N–H and O–H groups in total. The maximum atomic E-state index is 5.85. The molecule has 0 saturated carbocycles. The number of ether oxygens (including phenoxy) is 2. The zero-order valence-corrected chi connectivity index (χ0v) is 11.5. The number of anilines is 1. The molecule has 1 unspecified atom stereocenters. The Morgan fingerprint density at radius 1 is 1.28 bits per heavy atom. The molecule has 0 fully saturated rings. The first-order valence-corrected chi connectivity index (χ1v) is 6.50. The third-order valence-electron chi connectivity index (χ3n) is 3.00. The molecule has 0 aliphatic rings. The van der Waals surface area contributed by atoms with Gasteiger partial charge in [-0.2, -0.15) is 9.97 Å². The van der Waals surface area contributed by atoms with Crippen LogP contribution in [0.15, 0.2) is 6.33 Å². The van der Waals surface area contributed by atoms with Gasteiger partial charge in [0.05, 0.1) is 13.7 Å². The lowest BCUT2D eigenvalue weighted by atomic mass is 10.0. The summed E-state index contributed by atoms with van der Waals surface area (Å²) < 4.78 is 10.7. The molecule has 5 heteroatoms. The van der Waals surface area contributed by atoms with Crippen LogP contribution in [0.25, 0.3) is 0 Å². The van der Waals surface area contributed by atoms with Crippen molar-refractivity contribution in [1.29, 1.82) is 0 Å². The van der Waals surface area contributed by atoms with Gasteiger partial charge in [0.1, 0.15) is 6.33 Å². The second kappa shape index (κ2) is 7.74. The van der Waals surface area contributed by atoms with Crippen LogP contribution in [0.5, 0.6) is 11.8 Å². The fourth-order valence-electron chi connectivity index (χ4n) is 1.74. The molecule has 0 aromatic carbocycles. The lowest BCUT2D eigenvalue weighted by molar-refractivity contribution is 0.225. The van der Waals surface area contributed by atoms with Gasteiger partial charge in [-0.15, -0.1) is 0 Å². The summed E-state index contributed by atoms with van der Waals surface area (Å²) in [4.78, 5) is 7.95. The summed E-state index contributed by atoms with van der Waals surface area (Å²) in [5, 5.41) is 0. The average Bonchev–Trinajstić information content (AvgIpc) is 2.40. The van der Waals surface area contributed by atoms with Gasteiger partial charge in [0.25, 0.3) is 0 Å². The van der Waals surface area contributed by atoms with Gasteiger partial charge < -0.3 is 15.2 Å². The molecule has 18 heavy (non-hydrogen) atoms. The highest BCUT2D eigenvalue weighted by atomic mass is 16.5. The van der Waals surface area contributed by atoms with Crippen molar-refractivity contribution in [3.05, 3.63) is 6.33 Å². The highest BCUT2D eigenvalue weighted by molar-refractivity contribution is 5.55. The number of nitrogens with zero attached hydrogens (tertiary/aromatic N) is 2. The fraction of sp³-hybridized carbons (Fsp3) is 0.692. The normalized spacial score (nSPS) is 12.2. The Hall–Kier alpha value is -1.52. The molecular formula is C13H23N3O2. The highest BCUT2D eigenvalue weighted by Crippen LogP contribution is 2.27. The summed E-state index contributed by atoms with van der Waals surface area (Å²) in [7, 11) is 1.53. The smallest absolute Gasteiger partial charge is 0.244 e. The third kappa shape index (κ3) is 4.05. The van der Waals surface area contributed by atoms with E-state index in [1.165, 1.54) is 32.7 Å². The van der Waals surface area contributed by atoms with E-state index in [4.69, 9.17) is 15.2 Å². The molecule has 0 saturated heterocycles.